The summed E-state index contributed by atoms with van der Waals surface area (Å²) < 4.78 is 38.9. The van der Waals surface area contributed by atoms with E-state index in [1.54, 1.807) is 0 Å². The average molecular weight is 276 g/mol. The second-order valence-electron chi connectivity index (χ2n) is 3.65. The molecule has 0 bridgehead atoms. The van der Waals surface area contributed by atoms with Crippen molar-refractivity contribution < 1.29 is 27.9 Å². The molecule has 0 aliphatic rings. The average Bonchev–Trinajstić information content (AvgIpc) is 2.32. The minimum Gasteiger partial charge on any atom is -0.480 e. The summed E-state index contributed by atoms with van der Waals surface area (Å²) in [6.07, 6.45) is 0.0999. The Morgan fingerprint density at radius 1 is 1.32 bits per heavy atom. The number of nitrogens with one attached hydrogen (secondary N) is 2. The molecular formula is C11H11F3N2O3. The molecule has 104 valence electrons. The van der Waals surface area contributed by atoms with Crippen LogP contribution in [0.25, 0.3) is 0 Å². The fourth-order valence-corrected chi connectivity index (χ4v) is 1.30. The van der Waals surface area contributed by atoms with Crippen LogP contribution in [0.15, 0.2) is 12.1 Å². The van der Waals surface area contributed by atoms with Gasteiger partial charge in [-0.05, 0) is 6.42 Å². The number of carboxylic acids is 1. The van der Waals surface area contributed by atoms with Gasteiger partial charge in [0.1, 0.15) is 11.9 Å². The van der Waals surface area contributed by atoms with Gasteiger partial charge in [-0.1, -0.05) is 6.92 Å². The summed E-state index contributed by atoms with van der Waals surface area (Å²) in [6, 6.07) is -1.34. The van der Waals surface area contributed by atoms with Gasteiger partial charge in [0.05, 0.1) is 5.69 Å². The van der Waals surface area contributed by atoms with E-state index in [9.17, 15) is 22.8 Å². The maximum absolute atomic E-state index is 13.2. The molecule has 2 amide bonds. The number of rotatable bonds is 4. The van der Waals surface area contributed by atoms with E-state index in [4.69, 9.17) is 5.11 Å². The predicted octanol–water partition coefficient (Wildman–Crippen LogP) is 2.09. The molecule has 0 aliphatic heterocycles. The number of urea groups is 1. The highest BCUT2D eigenvalue weighted by Gasteiger charge is 2.19. The zero-order chi connectivity index (χ0) is 14.6. The Hall–Kier alpha value is -2.25. The summed E-state index contributed by atoms with van der Waals surface area (Å²) in [5.41, 5.74) is -0.713. The van der Waals surface area contributed by atoms with E-state index in [2.05, 4.69) is 0 Å². The van der Waals surface area contributed by atoms with Crippen LogP contribution in [-0.2, 0) is 4.79 Å². The molecule has 0 radical (unpaired) electrons. The molecule has 19 heavy (non-hydrogen) atoms. The lowest BCUT2D eigenvalue weighted by Gasteiger charge is -2.13. The zero-order valence-electron chi connectivity index (χ0n) is 9.84. The number of carbonyl (C=O) groups is 2. The van der Waals surface area contributed by atoms with Gasteiger partial charge < -0.3 is 15.7 Å². The van der Waals surface area contributed by atoms with Gasteiger partial charge in [-0.2, -0.15) is 0 Å². The molecule has 1 aromatic carbocycles. The van der Waals surface area contributed by atoms with Gasteiger partial charge in [0.25, 0.3) is 0 Å². The Bertz CT molecular complexity index is 508. The highest BCUT2D eigenvalue weighted by molar-refractivity contribution is 5.92. The summed E-state index contributed by atoms with van der Waals surface area (Å²) in [6.45, 7) is 1.52. The van der Waals surface area contributed by atoms with Crippen LogP contribution in [0.2, 0.25) is 0 Å². The molecule has 1 rings (SSSR count). The van der Waals surface area contributed by atoms with Crippen LogP contribution in [0.4, 0.5) is 23.7 Å². The van der Waals surface area contributed by atoms with Crippen molar-refractivity contribution in [1.82, 2.24) is 5.32 Å². The second-order valence-corrected chi connectivity index (χ2v) is 3.65. The molecule has 0 aliphatic carbocycles. The maximum Gasteiger partial charge on any atom is 0.326 e. The number of aliphatic carboxylic acids is 1. The third kappa shape index (κ3) is 3.87. The Morgan fingerprint density at radius 3 is 2.47 bits per heavy atom. The highest BCUT2D eigenvalue weighted by Crippen LogP contribution is 2.18. The van der Waals surface area contributed by atoms with Gasteiger partial charge in [0, 0.05) is 12.1 Å². The lowest BCUT2D eigenvalue weighted by molar-refractivity contribution is -0.139. The lowest BCUT2D eigenvalue weighted by atomic mass is 10.2. The molecule has 1 aromatic rings. The SMILES string of the molecule is CC[C@@H](NC(=O)Nc1cc(F)cc(F)c1F)C(=O)O. The first-order valence-corrected chi connectivity index (χ1v) is 5.30. The van der Waals surface area contributed by atoms with Gasteiger partial charge in [-0.15, -0.1) is 0 Å². The van der Waals surface area contributed by atoms with Crippen molar-refractivity contribution in [3.05, 3.63) is 29.6 Å². The molecular weight excluding hydrogens is 265 g/mol. The van der Waals surface area contributed by atoms with E-state index >= 15 is 0 Å². The summed E-state index contributed by atoms with van der Waals surface area (Å²) >= 11 is 0. The smallest absolute Gasteiger partial charge is 0.326 e. The third-order valence-electron chi connectivity index (χ3n) is 2.25. The molecule has 0 aromatic heterocycles. The van der Waals surface area contributed by atoms with Crippen LogP contribution in [0.5, 0.6) is 0 Å². The van der Waals surface area contributed by atoms with Gasteiger partial charge >= 0.3 is 12.0 Å². The van der Waals surface area contributed by atoms with Crippen LogP contribution in [0.1, 0.15) is 13.3 Å². The zero-order valence-corrected chi connectivity index (χ0v) is 9.84. The van der Waals surface area contributed by atoms with E-state index in [1.807, 2.05) is 10.6 Å². The summed E-state index contributed by atoms with van der Waals surface area (Å²) in [5, 5.41) is 12.6. The number of hydrogen-bond donors (Lipinski definition) is 3. The van der Waals surface area contributed by atoms with E-state index in [1.165, 1.54) is 6.92 Å². The lowest BCUT2D eigenvalue weighted by Crippen LogP contribution is -2.42. The molecule has 5 nitrogen and oxygen atoms in total. The van der Waals surface area contributed by atoms with E-state index in [0.29, 0.717) is 12.1 Å². The normalized spacial score (nSPS) is 11.8. The monoisotopic (exact) mass is 276 g/mol. The third-order valence-corrected chi connectivity index (χ3v) is 2.25. The van der Waals surface area contributed by atoms with E-state index in [-0.39, 0.29) is 6.42 Å². The quantitative estimate of drug-likeness (QED) is 0.737. The van der Waals surface area contributed by atoms with Crippen LogP contribution in [-0.4, -0.2) is 23.1 Å². The predicted molar refractivity (Wildman–Crippen MR) is 60.2 cm³/mol. The molecule has 0 heterocycles. The van der Waals surface area contributed by atoms with Crippen LogP contribution in [0, 0.1) is 17.5 Å². The van der Waals surface area contributed by atoms with Crippen molar-refractivity contribution >= 4 is 17.7 Å². The fourth-order valence-electron chi connectivity index (χ4n) is 1.30. The number of halogens is 3. The number of hydrogen-bond acceptors (Lipinski definition) is 2. The molecule has 1 atom stereocenters. The first-order chi connectivity index (χ1) is 8.85. The number of amides is 2. The van der Waals surface area contributed by atoms with Crippen LogP contribution < -0.4 is 10.6 Å². The highest BCUT2D eigenvalue weighted by atomic mass is 19.2. The molecule has 0 saturated heterocycles. The number of carboxylic acid groups (broad SMARTS) is 1. The van der Waals surface area contributed by atoms with Gasteiger partial charge in [-0.3, -0.25) is 0 Å². The number of benzene rings is 1. The van der Waals surface area contributed by atoms with Crippen molar-refractivity contribution in [3.8, 4) is 0 Å². The minimum atomic E-state index is -1.46. The summed E-state index contributed by atoms with van der Waals surface area (Å²) in [7, 11) is 0. The Morgan fingerprint density at radius 2 is 1.95 bits per heavy atom. The van der Waals surface area contributed by atoms with Crippen molar-refractivity contribution in [3.63, 3.8) is 0 Å². The minimum absolute atomic E-state index is 0.0999. The molecule has 0 saturated carbocycles. The van der Waals surface area contributed by atoms with Crippen LogP contribution in [0.3, 0.4) is 0 Å². The second kappa shape index (κ2) is 6.07. The summed E-state index contributed by atoms with van der Waals surface area (Å²) in [5.74, 6) is -5.23. The van der Waals surface area contributed by atoms with Crippen molar-refractivity contribution in [2.24, 2.45) is 0 Å². The van der Waals surface area contributed by atoms with Gasteiger partial charge in [0.2, 0.25) is 0 Å². The standard InChI is InChI=1S/C11H11F3N2O3/c1-2-7(10(17)18)15-11(19)16-8-4-5(12)3-6(13)9(8)14/h3-4,7H,2H2,1H3,(H,17,18)(H2,15,16,19)/t7-/m1/s1. The molecule has 0 spiro atoms. The largest absolute Gasteiger partial charge is 0.480 e. The Balaban J connectivity index is 2.80. The number of carbonyl (C=O) groups excluding carboxylic acids is 1. The van der Waals surface area contributed by atoms with Gasteiger partial charge in [0.15, 0.2) is 11.6 Å². The molecule has 3 N–H and O–H groups in total. The Kier molecular flexibility index (Phi) is 4.74. The fraction of sp³-hybridized carbons (Fsp3) is 0.273. The van der Waals surface area contributed by atoms with Crippen molar-refractivity contribution in [1.29, 1.82) is 0 Å². The first-order valence-electron chi connectivity index (χ1n) is 5.30. The maximum atomic E-state index is 13.2. The first kappa shape index (κ1) is 14.8. The molecule has 0 unspecified atom stereocenters. The number of anilines is 1. The van der Waals surface area contributed by atoms with Crippen molar-refractivity contribution in [2.75, 3.05) is 5.32 Å². The van der Waals surface area contributed by atoms with E-state index in [0.717, 1.165) is 0 Å². The van der Waals surface area contributed by atoms with Gasteiger partial charge in [-0.25, -0.2) is 22.8 Å². The Labute approximate surface area is 106 Å². The van der Waals surface area contributed by atoms with E-state index < -0.39 is 41.2 Å². The molecule has 8 heteroatoms. The molecule has 0 fully saturated rings. The van der Waals surface area contributed by atoms with Crippen molar-refractivity contribution in [2.45, 2.75) is 19.4 Å². The van der Waals surface area contributed by atoms with Crippen LogP contribution >= 0.6 is 0 Å². The summed E-state index contributed by atoms with van der Waals surface area (Å²) in [4.78, 5) is 22.0. The topological polar surface area (TPSA) is 78.4 Å².